The van der Waals surface area contributed by atoms with Crippen LogP contribution in [-0.4, -0.2) is 22.7 Å². The molecule has 0 radical (unpaired) electrons. The summed E-state index contributed by atoms with van der Waals surface area (Å²) in [6, 6.07) is 7.57. The number of nitrogens with one attached hydrogen (secondary N) is 1. The fourth-order valence-corrected chi connectivity index (χ4v) is 2.54. The van der Waals surface area contributed by atoms with E-state index >= 15 is 0 Å². The molecule has 1 heterocycles. The van der Waals surface area contributed by atoms with Gasteiger partial charge in [0.25, 0.3) is 0 Å². The van der Waals surface area contributed by atoms with Crippen molar-refractivity contribution in [3.63, 3.8) is 0 Å². The molecule has 3 N–H and O–H groups in total. The van der Waals surface area contributed by atoms with Gasteiger partial charge in [0.15, 0.2) is 11.5 Å². The molecule has 0 bridgehead atoms. The van der Waals surface area contributed by atoms with E-state index in [1.807, 2.05) is 24.3 Å². The zero-order chi connectivity index (χ0) is 15.6. The number of halogens is 1. The van der Waals surface area contributed by atoms with Crippen LogP contribution in [0.3, 0.4) is 0 Å². The van der Waals surface area contributed by atoms with Crippen LogP contribution in [-0.2, 0) is 0 Å². The molecule has 2 aromatic rings. The second-order valence-electron chi connectivity index (χ2n) is 5.93. The van der Waals surface area contributed by atoms with Crippen LogP contribution in [0.1, 0.15) is 31.9 Å². The molecule has 0 aliphatic heterocycles. The van der Waals surface area contributed by atoms with Gasteiger partial charge in [-0.1, -0.05) is 28.9 Å². The average Bonchev–Trinajstić information content (AvgIpc) is 3.01. The third-order valence-corrected chi connectivity index (χ3v) is 4.41. The normalized spacial score (nSPS) is 16.5. The molecule has 0 atom stereocenters. The SMILES string of the molecule is CC1(CCNc2nonc2C(N)=Nc2cccc(Br)c2)CC1. The summed E-state index contributed by atoms with van der Waals surface area (Å²) in [4.78, 5) is 4.35. The predicted octanol–water partition coefficient (Wildman–Crippen LogP) is 3.47. The molecule has 1 aliphatic carbocycles. The number of nitrogens with two attached hydrogens (primary N) is 1. The summed E-state index contributed by atoms with van der Waals surface area (Å²) in [5.41, 5.74) is 7.70. The van der Waals surface area contributed by atoms with E-state index in [9.17, 15) is 0 Å². The number of hydrogen-bond donors (Lipinski definition) is 2. The first-order valence-electron chi connectivity index (χ1n) is 7.22. The molecule has 0 amide bonds. The van der Waals surface area contributed by atoms with Crippen molar-refractivity contribution in [2.45, 2.75) is 26.2 Å². The highest BCUT2D eigenvalue weighted by Gasteiger charge is 2.36. The molecule has 22 heavy (non-hydrogen) atoms. The molecular formula is C15H18BrN5O. The van der Waals surface area contributed by atoms with Gasteiger partial charge in [-0.15, -0.1) is 0 Å². The lowest BCUT2D eigenvalue weighted by Crippen LogP contribution is -2.17. The monoisotopic (exact) mass is 363 g/mol. The molecular weight excluding hydrogens is 346 g/mol. The summed E-state index contributed by atoms with van der Waals surface area (Å²) >= 11 is 3.41. The van der Waals surface area contributed by atoms with Gasteiger partial charge in [0.1, 0.15) is 0 Å². The summed E-state index contributed by atoms with van der Waals surface area (Å²) in [6.45, 7) is 3.11. The van der Waals surface area contributed by atoms with Crippen LogP contribution in [0.25, 0.3) is 0 Å². The Morgan fingerprint density at radius 3 is 3.00 bits per heavy atom. The second kappa shape index (κ2) is 6.08. The molecule has 1 aromatic heterocycles. The van der Waals surface area contributed by atoms with Gasteiger partial charge in [-0.2, -0.15) is 0 Å². The molecule has 1 fully saturated rings. The van der Waals surface area contributed by atoms with E-state index in [2.05, 4.69) is 43.5 Å². The van der Waals surface area contributed by atoms with E-state index in [1.54, 1.807) is 0 Å². The average molecular weight is 364 g/mol. The lowest BCUT2D eigenvalue weighted by Gasteiger charge is -2.08. The number of amidine groups is 1. The van der Waals surface area contributed by atoms with Crippen LogP contribution in [0.15, 0.2) is 38.4 Å². The number of anilines is 1. The summed E-state index contributed by atoms with van der Waals surface area (Å²) in [5, 5.41) is 10.9. The van der Waals surface area contributed by atoms with Crippen molar-refractivity contribution >= 4 is 33.3 Å². The van der Waals surface area contributed by atoms with E-state index < -0.39 is 0 Å². The van der Waals surface area contributed by atoms with Crippen molar-refractivity contribution in [2.75, 3.05) is 11.9 Å². The van der Waals surface area contributed by atoms with E-state index in [4.69, 9.17) is 10.4 Å². The van der Waals surface area contributed by atoms with E-state index in [0.29, 0.717) is 16.9 Å². The second-order valence-corrected chi connectivity index (χ2v) is 6.84. The molecule has 1 aliphatic rings. The Hall–Kier alpha value is -1.89. The molecule has 3 rings (SSSR count). The number of nitrogens with zero attached hydrogens (tertiary/aromatic N) is 3. The fourth-order valence-electron chi connectivity index (χ4n) is 2.16. The predicted molar refractivity (Wildman–Crippen MR) is 89.3 cm³/mol. The van der Waals surface area contributed by atoms with Gasteiger partial charge in [-0.3, -0.25) is 0 Å². The van der Waals surface area contributed by atoms with Gasteiger partial charge in [0.2, 0.25) is 5.82 Å². The Bertz CT molecular complexity index is 693. The lowest BCUT2D eigenvalue weighted by atomic mass is 10.1. The quantitative estimate of drug-likeness (QED) is 0.605. The van der Waals surface area contributed by atoms with Crippen LogP contribution in [0.2, 0.25) is 0 Å². The Morgan fingerprint density at radius 1 is 1.45 bits per heavy atom. The smallest absolute Gasteiger partial charge is 0.202 e. The van der Waals surface area contributed by atoms with Crippen molar-refractivity contribution in [3.05, 3.63) is 34.4 Å². The van der Waals surface area contributed by atoms with Crippen molar-refractivity contribution in [1.82, 2.24) is 10.3 Å². The largest absolute Gasteiger partial charge is 0.382 e. The molecule has 6 nitrogen and oxygen atoms in total. The van der Waals surface area contributed by atoms with Gasteiger partial charge >= 0.3 is 0 Å². The zero-order valence-electron chi connectivity index (χ0n) is 12.3. The first kappa shape index (κ1) is 15.0. The highest BCUT2D eigenvalue weighted by Crippen LogP contribution is 2.47. The van der Waals surface area contributed by atoms with Crippen molar-refractivity contribution in [2.24, 2.45) is 16.1 Å². The van der Waals surface area contributed by atoms with E-state index in [0.717, 1.165) is 23.1 Å². The molecule has 0 spiro atoms. The van der Waals surface area contributed by atoms with Crippen molar-refractivity contribution in [3.8, 4) is 0 Å². The molecule has 116 valence electrons. The highest BCUT2D eigenvalue weighted by atomic mass is 79.9. The molecule has 1 saturated carbocycles. The fraction of sp³-hybridized carbons (Fsp3) is 0.400. The van der Waals surface area contributed by atoms with Crippen LogP contribution in [0.4, 0.5) is 11.5 Å². The minimum atomic E-state index is 0.277. The third-order valence-electron chi connectivity index (χ3n) is 3.91. The zero-order valence-corrected chi connectivity index (χ0v) is 13.9. The number of benzene rings is 1. The Kier molecular flexibility index (Phi) is 4.15. The van der Waals surface area contributed by atoms with Crippen LogP contribution >= 0.6 is 15.9 Å². The van der Waals surface area contributed by atoms with Crippen molar-refractivity contribution < 1.29 is 4.63 Å². The summed E-state index contributed by atoms with van der Waals surface area (Å²) < 4.78 is 5.73. The summed E-state index contributed by atoms with van der Waals surface area (Å²) in [7, 11) is 0. The van der Waals surface area contributed by atoms with E-state index in [1.165, 1.54) is 12.8 Å². The minimum Gasteiger partial charge on any atom is -0.382 e. The van der Waals surface area contributed by atoms with Gasteiger partial charge in [0.05, 0.1) is 5.69 Å². The topological polar surface area (TPSA) is 89.3 Å². The minimum absolute atomic E-state index is 0.277. The van der Waals surface area contributed by atoms with Gasteiger partial charge < -0.3 is 11.1 Å². The van der Waals surface area contributed by atoms with E-state index in [-0.39, 0.29) is 5.84 Å². The maximum atomic E-state index is 6.02. The molecule has 7 heteroatoms. The van der Waals surface area contributed by atoms with Gasteiger partial charge in [-0.05, 0) is 53.2 Å². The summed E-state index contributed by atoms with van der Waals surface area (Å²) in [6.07, 6.45) is 3.69. The molecule has 0 unspecified atom stereocenters. The molecule has 1 aromatic carbocycles. The van der Waals surface area contributed by atoms with Crippen LogP contribution in [0, 0.1) is 5.41 Å². The highest BCUT2D eigenvalue weighted by molar-refractivity contribution is 9.10. The Morgan fingerprint density at radius 2 is 2.27 bits per heavy atom. The first-order chi connectivity index (χ1) is 10.6. The standard InChI is InChI=1S/C15H18BrN5O/c1-15(5-6-15)7-8-18-14-12(20-22-21-14)13(17)19-11-4-2-3-10(16)9-11/h2-4,9H,5-8H2,1H3,(H2,17,19)(H,18,21). The number of rotatable bonds is 6. The summed E-state index contributed by atoms with van der Waals surface area (Å²) in [5.74, 6) is 0.819. The van der Waals surface area contributed by atoms with Crippen molar-refractivity contribution in [1.29, 1.82) is 0 Å². The first-order valence-corrected chi connectivity index (χ1v) is 8.02. The third kappa shape index (κ3) is 3.65. The number of hydrogen-bond acceptors (Lipinski definition) is 5. The number of aliphatic imine (C=N–C) groups is 1. The lowest BCUT2D eigenvalue weighted by molar-refractivity contribution is 0.307. The number of aromatic nitrogens is 2. The van der Waals surface area contributed by atoms with Gasteiger partial charge in [-0.25, -0.2) is 9.62 Å². The Labute approximate surface area is 137 Å². The Balaban J connectivity index is 1.70. The van der Waals surface area contributed by atoms with Gasteiger partial charge in [0, 0.05) is 11.0 Å². The van der Waals surface area contributed by atoms with Crippen LogP contribution in [0.5, 0.6) is 0 Å². The maximum absolute atomic E-state index is 6.02. The molecule has 0 saturated heterocycles. The maximum Gasteiger partial charge on any atom is 0.202 e. The van der Waals surface area contributed by atoms with Crippen LogP contribution < -0.4 is 11.1 Å².